The molecule has 2 rings (SSSR count). The molecule has 0 atom stereocenters. The standard InChI is InChI=1S/C11H13BrSSi/c1-14(2,3)10-7-8-5-4-6-9(12)11(8)13-10/h4-7H,1-3H3. The van der Waals surface area contributed by atoms with Crippen molar-refractivity contribution in [2.75, 3.05) is 0 Å². The van der Waals surface area contributed by atoms with Crippen molar-refractivity contribution in [2.45, 2.75) is 19.6 Å². The number of halogens is 1. The first kappa shape index (κ1) is 10.4. The minimum Gasteiger partial charge on any atom is -0.144 e. The smallest absolute Gasteiger partial charge is 0.0904 e. The number of thiophene rings is 1. The summed E-state index contributed by atoms with van der Waals surface area (Å²) in [6, 6.07) is 8.77. The molecule has 0 aliphatic rings. The molecule has 0 fully saturated rings. The summed E-state index contributed by atoms with van der Waals surface area (Å²) in [6.07, 6.45) is 0. The Morgan fingerprint density at radius 2 is 1.93 bits per heavy atom. The second-order valence-electron chi connectivity index (χ2n) is 4.52. The van der Waals surface area contributed by atoms with Crippen molar-refractivity contribution in [3.63, 3.8) is 0 Å². The highest BCUT2D eigenvalue weighted by Crippen LogP contribution is 2.29. The summed E-state index contributed by atoms with van der Waals surface area (Å²) in [5, 5.41) is 1.38. The first-order valence-electron chi connectivity index (χ1n) is 4.67. The molecule has 74 valence electrons. The molecular formula is C11H13BrSSi. The van der Waals surface area contributed by atoms with Crippen LogP contribution in [0.2, 0.25) is 19.6 Å². The SMILES string of the molecule is C[Si](C)(C)c1cc2cccc(Br)c2s1. The maximum atomic E-state index is 3.60. The lowest BCUT2D eigenvalue weighted by atomic mass is 10.3. The summed E-state index contributed by atoms with van der Waals surface area (Å²) in [5.41, 5.74) is 0. The molecule has 3 heteroatoms. The van der Waals surface area contributed by atoms with Crippen LogP contribution >= 0.6 is 27.3 Å². The Balaban J connectivity index is 2.69. The predicted molar refractivity (Wildman–Crippen MR) is 72.5 cm³/mol. The highest BCUT2D eigenvalue weighted by atomic mass is 79.9. The topological polar surface area (TPSA) is 0 Å². The van der Waals surface area contributed by atoms with E-state index in [-0.39, 0.29) is 0 Å². The number of fused-ring (bicyclic) bond motifs is 1. The summed E-state index contributed by atoms with van der Waals surface area (Å²) in [7, 11) is -1.14. The van der Waals surface area contributed by atoms with Gasteiger partial charge in [0, 0.05) is 9.17 Å². The van der Waals surface area contributed by atoms with Gasteiger partial charge in [-0.05, 0) is 37.9 Å². The van der Waals surface area contributed by atoms with Gasteiger partial charge in [-0.1, -0.05) is 31.8 Å². The zero-order chi connectivity index (χ0) is 10.3. The molecular weight excluding hydrogens is 272 g/mol. The van der Waals surface area contributed by atoms with Crippen molar-refractivity contribution in [3.8, 4) is 0 Å². The third kappa shape index (κ3) is 1.81. The minimum absolute atomic E-state index is 1.14. The largest absolute Gasteiger partial charge is 0.144 e. The summed E-state index contributed by atoms with van der Waals surface area (Å²) < 4.78 is 4.20. The Morgan fingerprint density at radius 1 is 1.21 bits per heavy atom. The maximum Gasteiger partial charge on any atom is 0.0904 e. The first-order valence-corrected chi connectivity index (χ1v) is 9.78. The van der Waals surface area contributed by atoms with Crippen LogP contribution in [0.4, 0.5) is 0 Å². The Kier molecular flexibility index (Phi) is 2.58. The second kappa shape index (κ2) is 3.47. The van der Waals surface area contributed by atoms with E-state index in [2.05, 4.69) is 59.8 Å². The maximum absolute atomic E-state index is 3.60. The quantitative estimate of drug-likeness (QED) is 0.689. The van der Waals surface area contributed by atoms with E-state index in [9.17, 15) is 0 Å². The lowest BCUT2D eigenvalue weighted by molar-refractivity contribution is 1.78. The Hall–Kier alpha value is -0.123. The summed E-state index contributed by atoms with van der Waals surface area (Å²) in [6.45, 7) is 7.18. The van der Waals surface area contributed by atoms with Crippen LogP contribution < -0.4 is 4.50 Å². The van der Waals surface area contributed by atoms with Gasteiger partial charge in [0.25, 0.3) is 0 Å². The molecule has 0 radical (unpaired) electrons. The van der Waals surface area contributed by atoms with Crippen LogP contribution in [0.5, 0.6) is 0 Å². The average Bonchev–Trinajstić information content (AvgIpc) is 2.48. The van der Waals surface area contributed by atoms with Crippen molar-refractivity contribution in [2.24, 2.45) is 0 Å². The molecule has 0 aliphatic carbocycles. The van der Waals surface area contributed by atoms with E-state index in [0.717, 1.165) is 0 Å². The van der Waals surface area contributed by atoms with Crippen LogP contribution in [0.1, 0.15) is 0 Å². The Morgan fingerprint density at radius 3 is 2.50 bits per heavy atom. The molecule has 14 heavy (non-hydrogen) atoms. The molecule has 1 aromatic heterocycles. The number of hydrogen-bond donors (Lipinski definition) is 0. The van der Waals surface area contributed by atoms with Crippen LogP contribution in [0.15, 0.2) is 28.7 Å². The van der Waals surface area contributed by atoms with Crippen LogP contribution in [-0.2, 0) is 0 Å². The average molecular weight is 285 g/mol. The van der Waals surface area contributed by atoms with E-state index in [0.29, 0.717) is 0 Å². The van der Waals surface area contributed by atoms with Gasteiger partial charge in [-0.25, -0.2) is 0 Å². The van der Waals surface area contributed by atoms with E-state index < -0.39 is 8.07 Å². The first-order chi connectivity index (χ1) is 6.48. The van der Waals surface area contributed by atoms with Crippen molar-refractivity contribution in [1.29, 1.82) is 0 Å². The normalized spacial score (nSPS) is 12.3. The van der Waals surface area contributed by atoms with E-state index in [4.69, 9.17) is 0 Å². The van der Waals surface area contributed by atoms with Gasteiger partial charge in [0.1, 0.15) is 0 Å². The monoisotopic (exact) mass is 284 g/mol. The van der Waals surface area contributed by atoms with Gasteiger partial charge in [-0.3, -0.25) is 0 Å². The van der Waals surface area contributed by atoms with Crippen LogP contribution in [-0.4, -0.2) is 8.07 Å². The Labute approximate surface area is 98.1 Å². The molecule has 1 heterocycles. The van der Waals surface area contributed by atoms with Crippen molar-refractivity contribution >= 4 is 49.9 Å². The molecule has 0 unspecified atom stereocenters. The lowest BCUT2D eigenvalue weighted by Crippen LogP contribution is -2.34. The fourth-order valence-electron chi connectivity index (χ4n) is 1.40. The van der Waals surface area contributed by atoms with Crippen molar-refractivity contribution < 1.29 is 0 Å². The third-order valence-corrected chi connectivity index (χ3v) is 7.92. The minimum atomic E-state index is -1.14. The number of benzene rings is 1. The van der Waals surface area contributed by atoms with Gasteiger partial charge in [0.2, 0.25) is 0 Å². The van der Waals surface area contributed by atoms with Gasteiger partial charge in [-0.2, -0.15) is 0 Å². The van der Waals surface area contributed by atoms with E-state index >= 15 is 0 Å². The summed E-state index contributed by atoms with van der Waals surface area (Å²) in [5.74, 6) is 0. The van der Waals surface area contributed by atoms with E-state index in [1.165, 1.54) is 14.6 Å². The number of hydrogen-bond acceptors (Lipinski definition) is 1. The van der Waals surface area contributed by atoms with Gasteiger partial charge in [-0.15, -0.1) is 11.3 Å². The van der Waals surface area contributed by atoms with Crippen LogP contribution in [0.25, 0.3) is 10.1 Å². The van der Waals surface area contributed by atoms with E-state index in [1.807, 2.05) is 11.3 Å². The Bertz CT molecular complexity index is 468. The molecule has 0 amide bonds. The fourth-order valence-corrected chi connectivity index (χ4v) is 4.96. The predicted octanol–water partition coefficient (Wildman–Crippen LogP) is 4.21. The van der Waals surface area contributed by atoms with Crippen LogP contribution in [0.3, 0.4) is 0 Å². The zero-order valence-corrected chi connectivity index (χ0v) is 12.0. The van der Waals surface area contributed by atoms with Crippen LogP contribution in [0, 0.1) is 0 Å². The van der Waals surface area contributed by atoms with Gasteiger partial charge in [0.15, 0.2) is 0 Å². The van der Waals surface area contributed by atoms with E-state index in [1.54, 1.807) is 4.50 Å². The molecule has 0 saturated carbocycles. The van der Waals surface area contributed by atoms with Crippen molar-refractivity contribution in [1.82, 2.24) is 0 Å². The molecule has 0 aliphatic heterocycles. The summed E-state index contributed by atoms with van der Waals surface area (Å²) in [4.78, 5) is 0. The molecule has 2 aromatic rings. The van der Waals surface area contributed by atoms with Gasteiger partial charge < -0.3 is 0 Å². The molecule has 0 saturated heterocycles. The molecule has 0 nitrogen and oxygen atoms in total. The molecule has 0 bridgehead atoms. The molecule has 1 aromatic carbocycles. The lowest BCUT2D eigenvalue weighted by Gasteiger charge is -2.11. The zero-order valence-electron chi connectivity index (χ0n) is 8.60. The highest BCUT2D eigenvalue weighted by molar-refractivity contribution is 9.10. The van der Waals surface area contributed by atoms with Gasteiger partial charge in [0.05, 0.1) is 8.07 Å². The fraction of sp³-hybridized carbons (Fsp3) is 0.273. The second-order valence-corrected chi connectivity index (χ2v) is 11.8. The highest BCUT2D eigenvalue weighted by Gasteiger charge is 2.19. The molecule has 0 spiro atoms. The summed E-state index contributed by atoms with van der Waals surface area (Å²) >= 11 is 5.55. The van der Waals surface area contributed by atoms with Crippen molar-refractivity contribution in [3.05, 3.63) is 28.7 Å². The number of rotatable bonds is 1. The third-order valence-electron chi connectivity index (χ3n) is 2.24. The van der Waals surface area contributed by atoms with Gasteiger partial charge >= 0.3 is 0 Å². The molecule has 0 N–H and O–H groups in total.